The molecule has 2 N–H and O–H groups in total. The Morgan fingerprint density at radius 3 is 2.71 bits per heavy atom. The molecular weight excluding hydrogens is 472 g/mol. The molecular formula is C20H33FIN5O. The first kappa shape index (κ1) is 24.5. The molecule has 2 rings (SSSR count). The third-order valence-electron chi connectivity index (χ3n) is 4.50. The summed E-state index contributed by atoms with van der Waals surface area (Å²) < 4.78 is 14.1. The minimum absolute atomic E-state index is 0. The number of carbonyl (C=O) groups excluding carboxylic acids is 1. The number of para-hydroxylation sites is 1. The van der Waals surface area contributed by atoms with Gasteiger partial charge in [0.1, 0.15) is 12.4 Å². The summed E-state index contributed by atoms with van der Waals surface area (Å²) in [4.78, 5) is 19.9. The fourth-order valence-electron chi connectivity index (χ4n) is 2.96. The first-order valence-corrected chi connectivity index (χ1v) is 9.61. The summed E-state index contributed by atoms with van der Waals surface area (Å²) in [5.41, 5.74) is 0.639. The number of carbonyl (C=O) groups is 1. The van der Waals surface area contributed by atoms with Crippen molar-refractivity contribution in [3.63, 3.8) is 0 Å². The minimum Gasteiger partial charge on any atom is -0.367 e. The zero-order chi connectivity index (χ0) is 19.8. The number of aliphatic imine (C=N–C) groups is 1. The minimum atomic E-state index is -0.193. The highest BCUT2D eigenvalue weighted by atomic mass is 127. The lowest BCUT2D eigenvalue weighted by Gasteiger charge is -2.35. The molecule has 158 valence electrons. The molecule has 1 heterocycles. The van der Waals surface area contributed by atoms with Crippen molar-refractivity contribution in [2.45, 2.75) is 32.7 Å². The predicted octanol–water partition coefficient (Wildman–Crippen LogP) is 2.69. The highest BCUT2D eigenvalue weighted by Gasteiger charge is 2.22. The predicted molar refractivity (Wildman–Crippen MR) is 124 cm³/mol. The van der Waals surface area contributed by atoms with E-state index in [0.29, 0.717) is 24.1 Å². The van der Waals surface area contributed by atoms with Crippen molar-refractivity contribution in [2.75, 3.05) is 45.2 Å². The zero-order valence-corrected chi connectivity index (χ0v) is 19.6. The lowest BCUT2D eigenvalue weighted by Crippen LogP contribution is -2.52. The van der Waals surface area contributed by atoms with Gasteiger partial charge >= 0.3 is 0 Å². The number of hydrogen-bond donors (Lipinski definition) is 2. The number of likely N-dealkylation sites (N-methyl/N-ethyl adjacent to an activating group) is 1. The Kier molecular flexibility index (Phi) is 10.6. The summed E-state index contributed by atoms with van der Waals surface area (Å²) >= 11 is 0. The number of amides is 1. The van der Waals surface area contributed by atoms with E-state index in [2.05, 4.69) is 34.4 Å². The van der Waals surface area contributed by atoms with Crippen molar-refractivity contribution >= 4 is 41.5 Å². The number of anilines is 1. The molecule has 1 saturated heterocycles. The van der Waals surface area contributed by atoms with Crippen LogP contribution >= 0.6 is 24.0 Å². The van der Waals surface area contributed by atoms with Crippen LogP contribution in [-0.4, -0.2) is 63.1 Å². The third-order valence-corrected chi connectivity index (χ3v) is 4.50. The van der Waals surface area contributed by atoms with Crippen LogP contribution in [0.15, 0.2) is 29.3 Å². The fraction of sp³-hybridized carbons (Fsp3) is 0.600. The molecule has 0 aromatic heterocycles. The van der Waals surface area contributed by atoms with Crippen LogP contribution in [0.1, 0.15) is 26.7 Å². The molecule has 6 nitrogen and oxygen atoms in total. The summed E-state index contributed by atoms with van der Waals surface area (Å²) in [6.45, 7) is 6.65. The second-order valence-corrected chi connectivity index (χ2v) is 7.61. The Morgan fingerprint density at radius 1 is 1.36 bits per heavy atom. The summed E-state index contributed by atoms with van der Waals surface area (Å²) in [6.07, 6.45) is 1.95. The number of benzene rings is 1. The van der Waals surface area contributed by atoms with Crippen molar-refractivity contribution in [2.24, 2.45) is 10.9 Å². The summed E-state index contributed by atoms with van der Waals surface area (Å²) in [7, 11) is 3.44. The maximum Gasteiger partial charge on any atom is 0.243 e. The molecule has 1 atom stereocenters. The van der Waals surface area contributed by atoms with Gasteiger partial charge in [-0.2, -0.15) is 0 Å². The standard InChI is InChI=1S/C20H32FN5O.HI/c1-15(2)12-22-20(23-13-19(27)25(3)4)24-16-8-7-11-26(14-16)18-10-6-5-9-17(18)21;/h5-6,9-10,15-16H,7-8,11-14H2,1-4H3,(H2,22,23,24);1H. The average Bonchev–Trinajstić information content (AvgIpc) is 2.64. The summed E-state index contributed by atoms with van der Waals surface area (Å²) in [5.74, 6) is 0.862. The molecule has 8 heteroatoms. The third kappa shape index (κ3) is 7.81. The molecule has 0 saturated carbocycles. The molecule has 28 heavy (non-hydrogen) atoms. The largest absolute Gasteiger partial charge is 0.367 e. The van der Waals surface area contributed by atoms with Gasteiger partial charge < -0.3 is 20.4 Å². The number of nitrogens with one attached hydrogen (secondary N) is 2. The molecule has 1 aromatic carbocycles. The maximum absolute atomic E-state index is 14.1. The second-order valence-electron chi connectivity index (χ2n) is 7.61. The van der Waals surface area contributed by atoms with E-state index in [1.165, 1.54) is 11.0 Å². The van der Waals surface area contributed by atoms with Crippen molar-refractivity contribution < 1.29 is 9.18 Å². The monoisotopic (exact) mass is 505 g/mol. The Morgan fingerprint density at radius 2 is 2.07 bits per heavy atom. The van der Waals surface area contributed by atoms with Gasteiger partial charge in [0, 0.05) is 39.8 Å². The van der Waals surface area contributed by atoms with Gasteiger partial charge in [-0.15, -0.1) is 24.0 Å². The van der Waals surface area contributed by atoms with Gasteiger partial charge in [0.25, 0.3) is 0 Å². The molecule has 1 aromatic rings. The van der Waals surface area contributed by atoms with Gasteiger partial charge in [0.2, 0.25) is 5.91 Å². The van der Waals surface area contributed by atoms with Crippen LogP contribution in [0, 0.1) is 11.7 Å². The average molecular weight is 505 g/mol. The van der Waals surface area contributed by atoms with Gasteiger partial charge in [-0.05, 0) is 30.9 Å². The van der Waals surface area contributed by atoms with Crippen molar-refractivity contribution in [1.82, 2.24) is 15.5 Å². The molecule has 1 aliphatic rings. The van der Waals surface area contributed by atoms with Gasteiger partial charge in [-0.3, -0.25) is 4.79 Å². The lowest BCUT2D eigenvalue weighted by atomic mass is 10.0. The topological polar surface area (TPSA) is 60.0 Å². The first-order chi connectivity index (χ1) is 12.9. The van der Waals surface area contributed by atoms with Crippen LogP contribution < -0.4 is 15.5 Å². The van der Waals surface area contributed by atoms with Crippen LogP contribution in [0.25, 0.3) is 0 Å². The number of rotatable bonds is 6. The lowest BCUT2D eigenvalue weighted by molar-refractivity contribution is -0.127. The summed E-state index contributed by atoms with van der Waals surface area (Å²) in [6, 6.07) is 7.03. The summed E-state index contributed by atoms with van der Waals surface area (Å²) in [5, 5.41) is 6.73. The Labute approximate surface area is 185 Å². The van der Waals surface area contributed by atoms with Gasteiger partial charge in [-0.1, -0.05) is 26.0 Å². The zero-order valence-electron chi connectivity index (χ0n) is 17.2. The van der Waals surface area contributed by atoms with E-state index in [1.54, 1.807) is 20.2 Å². The smallest absolute Gasteiger partial charge is 0.243 e. The highest BCUT2D eigenvalue weighted by molar-refractivity contribution is 14.0. The van der Waals surface area contributed by atoms with Crippen molar-refractivity contribution in [1.29, 1.82) is 0 Å². The normalized spacial score (nSPS) is 17.1. The Bertz CT molecular complexity index is 653. The van der Waals surface area contributed by atoms with Crippen LogP contribution in [0.5, 0.6) is 0 Å². The molecule has 0 radical (unpaired) electrons. The van der Waals surface area contributed by atoms with E-state index in [1.807, 2.05) is 12.1 Å². The van der Waals surface area contributed by atoms with E-state index in [9.17, 15) is 9.18 Å². The van der Waals surface area contributed by atoms with Crippen LogP contribution in [-0.2, 0) is 4.79 Å². The van der Waals surface area contributed by atoms with E-state index >= 15 is 0 Å². The Balaban J connectivity index is 0.00000392. The number of piperidine rings is 1. The molecule has 1 unspecified atom stereocenters. The number of hydrogen-bond acceptors (Lipinski definition) is 3. The van der Waals surface area contributed by atoms with Gasteiger partial charge in [0.15, 0.2) is 5.96 Å². The van der Waals surface area contributed by atoms with Gasteiger partial charge in [0.05, 0.1) is 5.69 Å². The SMILES string of the molecule is CC(C)CNC(=NCC(=O)N(C)C)NC1CCCN(c2ccccc2F)C1.I. The van der Waals surface area contributed by atoms with Crippen LogP contribution in [0.4, 0.5) is 10.1 Å². The molecule has 0 aliphatic carbocycles. The number of nitrogens with zero attached hydrogens (tertiary/aromatic N) is 3. The number of guanidine groups is 1. The maximum atomic E-state index is 14.1. The van der Waals surface area contributed by atoms with E-state index in [-0.39, 0.29) is 48.3 Å². The van der Waals surface area contributed by atoms with Crippen LogP contribution in [0.3, 0.4) is 0 Å². The Hall–Kier alpha value is -1.58. The van der Waals surface area contributed by atoms with E-state index < -0.39 is 0 Å². The molecule has 1 amide bonds. The fourth-order valence-corrected chi connectivity index (χ4v) is 2.96. The quantitative estimate of drug-likeness (QED) is 0.355. The highest BCUT2D eigenvalue weighted by Crippen LogP contribution is 2.22. The molecule has 0 bridgehead atoms. The van der Waals surface area contributed by atoms with E-state index in [0.717, 1.165) is 25.9 Å². The molecule has 1 fully saturated rings. The molecule has 1 aliphatic heterocycles. The van der Waals surface area contributed by atoms with Crippen molar-refractivity contribution in [3.05, 3.63) is 30.1 Å². The van der Waals surface area contributed by atoms with Crippen LogP contribution in [0.2, 0.25) is 0 Å². The second kappa shape index (κ2) is 12.1. The van der Waals surface area contributed by atoms with E-state index in [4.69, 9.17) is 0 Å². The number of halogens is 2. The first-order valence-electron chi connectivity index (χ1n) is 9.61. The molecule has 0 spiro atoms. The van der Waals surface area contributed by atoms with Gasteiger partial charge in [-0.25, -0.2) is 9.38 Å². The van der Waals surface area contributed by atoms with Crippen molar-refractivity contribution in [3.8, 4) is 0 Å².